The van der Waals surface area contributed by atoms with Crippen LogP contribution in [0.5, 0.6) is 0 Å². The van der Waals surface area contributed by atoms with Crippen LogP contribution in [0.3, 0.4) is 0 Å². The zero-order valence-corrected chi connectivity index (χ0v) is 17.8. The Hall–Kier alpha value is -2.92. The molecule has 3 rings (SSSR count). The summed E-state index contributed by atoms with van der Waals surface area (Å²) in [4.78, 5) is 12.7. The van der Waals surface area contributed by atoms with Crippen LogP contribution >= 0.6 is 0 Å². The molecule has 0 unspecified atom stereocenters. The van der Waals surface area contributed by atoms with Crippen LogP contribution in [0.25, 0.3) is 6.08 Å². The Labute approximate surface area is 171 Å². The number of aryl methyl sites for hydroxylation is 3. The van der Waals surface area contributed by atoms with Crippen LogP contribution in [-0.4, -0.2) is 35.6 Å². The number of aromatic nitrogens is 2. The SMILES string of the molecule is Cc1cccc(C)c1NC(=O)/C(C#N)=C/c1c(C)nn([C@@H]2CCS(=O)(=O)C2)c1C. The molecule has 1 aromatic heterocycles. The van der Waals surface area contributed by atoms with Crippen molar-refractivity contribution in [3.8, 4) is 6.07 Å². The maximum absolute atomic E-state index is 12.7. The highest BCUT2D eigenvalue weighted by atomic mass is 32.2. The maximum atomic E-state index is 12.7. The van der Waals surface area contributed by atoms with Gasteiger partial charge in [0.25, 0.3) is 5.91 Å². The summed E-state index contributed by atoms with van der Waals surface area (Å²) in [6.45, 7) is 7.41. The number of sulfone groups is 1. The van der Waals surface area contributed by atoms with E-state index in [9.17, 15) is 18.5 Å². The number of hydrogen-bond donors (Lipinski definition) is 1. The second-order valence-electron chi connectivity index (χ2n) is 7.48. The maximum Gasteiger partial charge on any atom is 0.266 e. The van der Waals surface area contributed by atoms with E-state index in [0.717, 1.165) is 16.8 Å². The van der Waals surface area contributed by atoms with Crippen molar-refractivity contribution in [2.75, 3.05) is 16.8 Å². The van der Waals surface area contributed by atoms with Crippen LogP contribution in [0, 0.1) is 39.0 Å². The third-order valence-electron chi connectivity index (χ3n) is 5.31. The Morgan fingerprint density at radius 1 is 1.28 bits per heavy atom. The lowest BCUT2D eigenvalue weighted by atomic mass is 10.1. The van der Waals surface area contributed by atoms with Crippen molar-refractivity contribution in [2.24, 2.45) is 0 Å². The molecule has 8 heteroatoms. The van der Waals surface area contributed by atoms with E-state index in [0.29, 0.717) is 23.4 Å². The van der Waals surface area contributed by atoms with Gasteiger partial charge in [-0.15, -0.1) is 0 Å². The molecule has 1 fully saturated rings. The second kappa shape index (κ2) is 7.84. The van der Waals surface area contributed by atoms with E-state index in [2.05, 4.69) is 10.4 Å². The number of nitrogens with one attached hydrogen (secondary N) is 1. The fourth-order valence-electron chi connectivity index (χ4n) is 3.69. The minimum atomic E-state index is -3.04. The lowest BCUT2D eigenvalue weighted by molar-refractivity contribution is -0.112. The summed E-state index contributed by atoms with van der Waals surface area (Å²) < 4.78 is 25.3. The van der Waals surface area contributed by atoms with Crippen molar-refractivity contribution >= 4 is 27.5 Å². The van der Waals surface area contributed by atoms with Gasteiger partial charge < -0.3 is 5.32 Å². The minimum absolute atomic E-state index is 0.0301. The molecule has 1 saturated heterocycles. The quantitative estimate of drug-likeness (QED) is 0.614. The first-order valence-corrected chi connectivity index (χ1v) is 11.2. The number of amides is 1. The topological polar surface area (TPSA) is 105 Å². The Balaban J connectivity index is 1.92. The normalized spacial score (nSPS) is 18.4. The van der Waals surface area contributed by atoms with E-state index >= 15 is 0 Å². The van der Waals surface area contributed by atoms with Gasteiger partial charge in [-0.2, -0.15) is 10.4 Å². The van der Waals surface area contributed by atoms with Crippen LogP contribution in [0.1, 0.15) is 40.5 Å². The third kappa shape index (κ3) is 4.25. The van der Waals surface area contributed by atoms with Gasteiger partial charge in [0.05, 0.1) is 23.2 Å². The Kier molecular flexibility index (Phi) is 5.62. The van der Waals surface area contributed by atoms with Crippen molar-refractivity contribution in [1.29, 1.82) is 5.26 Å². The highest BCUT2D eigenvalue weighted by molar-refractivity contribution is 7.91. The molecule has 7 nitrogen and oxygen atoms in total. The van der Waals surface area contributed by atoms with E-state index in [4.69, 9.17) is 0 Å². The van der Waals surface area contributed by atoms with Crippen molar-refractivity contribution in [3.05, 3.63) is 51.9 Å². The van der Waals surface area contributed by atoms with E-state index in [1.807, 2.05) is 45.0 Å². The first kappa shape index (κ1) is 20.8. The molecule has 29 heavy (non-hydrogen) atoms. The van der Waals surface area contributed by atoms with Crippen molar-refractivity contribution < 1.29 is 13.2 Å². The Morgan fingerprint density at radius 2 is 1.93 bits per heavy atom. The molecule has 0 radical (unpaired) electrons. The van der Waals surface area contributed by atoms with Gasteiger partial charge in [0.1, 0.15) is 11.6 Å². The molecule has 1 aromatic carbocycles. The fraction of sp³-hybridized carbons (Fsp3) is 0.381. The zero-order chi connectivity index (χ0) is 21.3. The molecule has 1 N–H and O–H groups in total. The first-order chi connectivity index (χ1) is 13.6. The monoisotopic (exact) mass is 412 g/mol. The number of carbonyl (C=O) groups is 1. The molecule has 1 aliphatic rings. The van der Waals surface area contributed by atoms with Gasteiger partial charge in [-0.25, -0.2) is 8.42 Å². The molecule has 0 bridgehead atoms. The Morgan fingerprint density at radius 3 is 2.48 bits per heavy atom. The van der Waals surface area contributed by atoms with Gasteiger partial charge in [-0.05, 0) is 51.3 Å². The molecular formula is C21H24N4O3S. The third-order valence-corrected chi connectivity index (χ3v) is 7.06. The number of carbonyl (C=O) groups excluding carboxylic acids is 1. The van der Waals surface area contributed by atoms with Crippen molar-refractivity contribution in [3.63, 3.8) is 0 Å². The lowest BCUT2D eigenvalue weighted by Gasteiger charge is -2.11. The highest BCUT2D eigenvalue weighted by Crippen LogP contribution is 2.28. The Bertz CT molecular complexity index is 1130. The summed E-state index contributed by atoms with van der Waals surface area (Å²) in [6, 6.07) is 7.46. The lowest BCUT2D eigenvalue weighted by Crippen LogP contribution is -2.15. The average molecular weight is 413 g/mol. The average Bonchev–Trinajstić information content (AvgIpc) is 3.15. The number of hydrogen-bond acceptors (Lipinski definition) is 5. The van der Waals surface area contributed by atoms with Gasteiger partial charge in [-0.1, -0.05) is 18.2 Å². The zero-order valence-electron chi connectivity index (χ0n) is 17.0. The summed E-state index contributed by atoms with van der Waals surface area (Å²) in [6.07, 6.45) is 2.05. The van der Waals surface area contributed by atoms with E-state index < -0.39 is 15.7 Å². The molecule has 152 valence electrons. The standard InChI is InChI=1S/C21H24N4O3S/c1-13-6-5-7-14(2)20(13)23-21(26)17(11-22)10-19-15(3)24-25(16(19)4)18-8-9-29(27,28)12-18/h5-7,10,18H,8-9,12H2,1-4H3,(H,23,26)/b17-10+/t18-/m1/s1. The molecule has 2 heterocycles. The smallest absolute Gasteiger partial charge is 0.266 e. The number of para-hydroxylation sites is 1. The van der Waals surface area contributed by atoms with Gasteiger partial charge in [-0.3, -0.25) is 9.48 Å². The van der Waals surface area contributed by atoms with Crippen LogP contribution in [0.4, 0.5) is 5.69 Å². The van der Waals surface area contributed by atoms with E-state index in [-0.39, 0.29) is 23.1 Å². The largest absolute Gasteiger partial charge is 0.321 e. The summed E-state index contributed by atoms with van der Waals surface area (Å²) in [5.41, 5.74) is 4.56. The molecule has 0 saturated carbocycles. The number of rotatable bonds is 4. The van der Waals surface area contributed by atoms with Crippen LogP contribution in [-0.2, 0) is 14.6 Å². The molecular weight excluding hydrogens is 388 g/mol. The van der Waals surface area contributed by atoms with Crippen molar-refractivity contribution in [2.45, 2.75) is 40.2 Å². The van der Waals surface area contributed by atoms with Crippen LogP contribution in [0.15, 0.2) is 23.8 Å². The van der Waals surface area contributed by atoms with Gasteiger partial charge in [0.15, 0.2) is 9.84 Å². The molecule has 0 aliphatic carbocycles. The van der Waals surface area contributed by atoms with E-state index in [1.165, 1.54) is 6.08 Å². The predicted octanol–water partition coefficient (Wildman–Crippen LogP) is 3.02. The molecule has 1 amide bonds. The van der Waals surface area contributed by atoms with Gasteiger partial charge >= 0.3 is 0 Å². The van der Waals surface area contributed by atoms with Crippen molar-refractivity contribution in [1.82, 2.24) is 9.78 Å². The number of benzene rings is 1. The minimum Gasteiger partial charge on any atom is -0.321 e. The van der Waals surface area contributed by atoms with Gasteiger partial charge in [0, 0.05) is 16.9 Å². The van der Waals surface area contributed by atoms with Crippen LogP contribution < -0.4 is 5.32 Å². The summed E-state index contributed by atoms with van der Waals surface area (Å²) in [5.74, 6) is -0.265. The number of anilines is 1. The predicted molar refractivity (Wildman–Crippen MR) is 112 cm³/mol. The fourth-order valence-corrected chi connectivity index (χ4v) is 5.39. The highest BCUT2D eigenvalue weighted by Gasteiger charge is 2.31. The summed E-state index contributed by atoms with van der Waals surface area (Å²) in [5, 5.41) is 16.9. The molecule has 2 aromatic rings. The molecule has 1 atom stereocenters. The summed E-state index contributed by atoms with van der Waals surface area (Å²) in [7, 11) is -3.04. The summed E-state index contributed by atoms with van der Waals surface area (Å²) >= 11 is 0. The molecule has 1 aliphatic heterocycles. The molecule has 0 spiro atoms. The van der Waals surface area contributed by atoms with Gasteiger partial charge in [0.2, 0.25) is 0 Å². The van der Waals surface area contributed by atoms with Crippen LogP contribution in [0.2, 0.25) is 0 Å². The first-order valence-electron chi connectivity index (χ1n) is 9.38. The number of nitrogens with zero attached hydrogens (tertiary/aromatic N) is 3. The number of nitriles is 1. The second-order valence-corrected chi connectivity index (χ2v) is 9.71. The van der Waals surface area contributed by atoms with E-state index in [1.54, 1.807) is 11.6 Å².